The van der Waals surface area contributed by atoms with Crippen LogP contribution >= 0.6 is 11.3 Å². The number of nitrogens with one attached hydrogen (secondary N) is 1. The van der Waals surface area contributed by atoms with Crippen molar-refractivity contribution in [2.45, 2.75) is 12.5 Å². The minimum Gasteiger partial charge on any atom is -0.356 e. The SMILES string of the molecule is c1csc(C2CCNc3nccn32)n1. The van der Waals surface area contributed by atoms with Crippen LogP contribution in [-0.4, -0.2) is 21.1 Å². The van der Waals surface area contributed by atoms with Crippen LogP contribution in [0.2, 0.25) is 0 Å². The molecule has 1 aliphatic heterocycles. The fraction of sp³-hybridized carbons (Fsp3) is 0.333. The van der Waals surface area contributed by atoms with Crippen LogP contribution in [0.4, 0.5) is 5.95 Å². The zero-order valence-corrected chi connectivity index (χ0v) is 8.37. The minimum atomic E-state index is 0.369. The molecule has 0 aromatic carbocycles. The molecule has 0 saturated heterocycles. The Morgan fingerprint density at radius 3 is 3.29 bits per heavy atom. The summed E-state index contributed by atoms with van der Waals surface area (Å²) in [6.45, 7) is 0.973. The van der Waals surface area contributed by atoms with Crippen LogP contribution in [0.3, 0.4) is 0 Å². The molecule has 14 heavy (non-hydrogen) atoms. The number of fused-ring (bicyclic) bond motifs is 1. The van der Waals surface area contributed by atoms with Gasteiger partial charge in [-0.05, 0) is 6.42 Å². The summed E-state index contributed by atoms with van der Waals surface area (Å²) in [5.74, 6) is 0.955. The van der Waals surface area contributed by atoms with Crippen molar-refractivity contribution in [2.24, 2.45) is 0 Å². The molecule has 1 atom stereocenters. The van der Waals surface area contributed by atoms with Crippen LogP contribution in [0.5, 0.6) is 0 Å². The highest BCUT2D eigenvalue weighted by Crippen LogP contribution is 2.29. The van der Waals surface area contributed by atoms with E-state index >= 15 is 0 Å². The van der Waals surface area contributed by atoms with Gasteiger partial charge >= 0.3 is 0 Å². The molecule has 3 heterocycles. The Bertz CT molecular complexity index is 420. The lowest BCUT2D eigenvalue weighted by Crippen LogP contribution is -2.23. The van der Waals surface area contributed by atoms with Gasteiger partial charge in [-0.2, -0.15) is 0 Å². The Morgan fingerprint density at radius 1 is 1.43 bits per heavy atom. The van der Waals surface area contributed by atoms with Crippen molar-refractivity contribution in [1.82, 2.24) is 14.5 Å². The Morgan fingerprint density at radius 2 is 2.43 bits per heavy atom. The number of aromatic nitrogens is 3. The summed E-state index contributed by atoms with van der Waals surface area (Å²) < 4.78 is 2.16. The first-order chi connectivity index (χ1) is 6.95. The average molecular weight is 206 g/mol. The second-order valence-corrected chi connectivity index (χ2v) is 4.19. The zero-order valence-electron chi connectivity index (χ0n) is 7.55. The number of thiazole rings is 1. The zero-order chi connectivity index (χ0) is 9.38. The van der Waals surface area contributed by atoms with Crippen molar-refractivity contribution in [3.05, 3.63) is 29.0 Å². The summed E-state index contributed by atoms with van der Waals surface area (Å²) in [4.78, 5) is 8.61. The lowest BCUT2D eigenvalue weighted by atomic mass is 10.2. The molecule has 1 unspecified atom stereocenters. The number of hydrogen-bond donors (Lipinski definition) is 1. The molecule has 2 aromatic heterocycles. The van der Waals surface area contributed by atoms with E-state index in [1.54, 1.807) is 11.3 Å². The third kappa shape index (κ3) is 1.13. The summed E-state index contributed by atoms with van der Waals surface area (Å²) in [7, 11) is 0. The summed E-state index contributed by atoms with van der Waals surface area (Å²) in [6.07, 6.45) is 6.78. The smallest absolute Gasteiger partial charge is 0.203 e. The van der Waals surface area contributed by atoms with Crippen LogP contribution in [0.15, 0.2) is 24.0 Å². The van der Waals surface area contributed by atoms with Gasteiger partial charge in [-0.3, -0.25) is 0 Å². The predicted molar refractivity (Wildman–Crippen MR) is 55.6 cm³/mol. The standard InChI is InChI=1S/C9H10N4S/c1-2-11-9-12-3-5-13(9)7(1)8-10-4-6-14-8/h3-7H,1-2H2,(H,11,12). The van der Waals surface area contributed by atoms with Crippen LogP contribution < -0.4 is 5.32 Å². The molecule has 0 radical (unpaired) electrons. The van der Waals surface area contributed by atoms with E-state index in [4.69, 9.17) is 0 Å². The van der Waals surface area contributed by atoms with Crippen molar-refractivity contribution in [1.29, 1.82) is 0 Å². The maximum absolute atomic E-state index is 4.36. The molecule has 5 heteroatoms. The van der Waals surface area contributed by atoms with E-state index in [0.29, 0.717) is 6.04 Å². The van der Waals surface area contributed by atoms with E-state index in [1.807, 2.05) is 24.0 Å². The molecule has 0 spiro atoms. The van der Waals surface area contributed by atoms with Gasteiger partial charge in [0.05, 0.1) is 6.04 Å². The summed E-state index contributed by atoms with van der Waals surface area (Å²) in [5, 5.41) is 6.46. The number of anilines is 1. The fourth-order valence-electron chi connectivity index (χ4n) is 1.80. The van der Waals surface area contributed by atoms with Gasteiger partial charge in [0, 0.05) is 30.5 Å². The molecule has 0 bridgehead atoms. The molecule has 72 valence electrons. The lowest BCUT2D eigenvalue weighted by Gasteiger charge is -2.24. The molecule has 4 nitrogen and oxygen atoms in total. The molecular weight excluding hydrogens is 196 g/mol. The Kier molecular flexibility index (Phi) is 1.77. The van der Waals surface area contributed by atoms with E-state index in [0.717, 1.165) is 18.9 Å². The number of imidazole rings is 1. The Hall–Kier alpha value is -1.36. The van der Waals surface area contributed by atoms with Gasteiger partial charge in [-0.15, -0.1) is 11.3 Å². The number of hydrogen-bond acceptors (Lipinski definition) is 4. The lowest BCUT2D eigenvalue weighted by molar-refractivity contribution is 0.528. The molecule has 0 saturated carbocycles. The van der Waals surface area contributed by atoms with Gasteiger partial charge in [0.1, 0.15) is 5.01 Å². The monoisotopic (exact) mass is 206 g/mol. The first kappa shape index (κ1) is 7.99. The van der Waals surface area contributed by atoms with Gasteiger partial charge in [0.15, 0.2) is 0 Å². The molecule has 1 aliphatic rings. The van der Waals surface area contributed by atoms with Crippen LogP contribution in [0.1, 0.15) is 17.5 Å². The Labute approximate surface area is 85.6 Å². The van der Waals surface area contributed by atoms with Gasteiger partial charge in [0.2, 0.25) is 5.95 Å². The summed E-state index contributed by atoms with van der Waals surface area (Å²) in [6, 6.07) is 0.369. The fourth-order valence-corrected chi connectivity index (χ4v) is 2.57. The second-order valence-electron chi connectivity index (χ2n) is 3.26. The summed E-state index contributed by atoms with van der Waals surface area (Å²) in [5.41, 5.74) is 0. The topological polar surface area (TPSA) is 42.7 Å². The van der Waals surface area contributed by atoms with Crippen LogP contribution in [-0.2, 0) is 0 Å². The van der Waals surface area contributed by atoms with E-state index in [9.17, 15) is 0 Å². The molecule has 0 fully saturated rings. The Balaban J connectivity index is 2.04. The molecule has 2 aromatic rings. The third-order valence-electron chi connectivity index (χ3n) is 2.44. The largest absolute Gasteiger partial charge is 0.356 e. The molecule has 3 rings (SSSR count). The van der Waals surface area contributed by atoms with Crippen LogP contribution in [0.25, 0.3) is 0 Å². The predicted octanol–water partition coefficient (Wildman–Crippen LogP) is 1.74. The quantitative estimate of drug-likeness (QED) is 0.773. The van der Waals surface area contributed by atoms with Gasteiger partial charge in [-0.25, -0.2) is 9.97 Å². The maximum Gasteiger partial charge on any atom is 0.203 e. The number of rotatable bonds is 1. The van der Waals surface area contributed by atoms with E-state index < -0.39 is 0 Å². The van der Waals surface area contributed by atoms with E-state index in [-0.39, 0.29) is 0 Å². The van der Waals surface area contributed by atoms with Crippen molar-refractivity contribution >= 4 is 17.3 Å². The second kappa shape index (κ2) is 3.09. The molecule has 0 aliphatic carbocycles. The first-order valence-corrected chi connectivity index (χ1v) is 5.49. The normalized spacial score (nSPS) is 20.1. The summed E-state index contributed by atoms with van der Waals surface area (Å²) >= 11 is 1.71. The van der Waals surface area contributed by atoms with Crippen molar-refractivity contribution < 1.29 is 0 Å². The molecule has 1 N–H and O–H groups in total. The van der Waals surface area contributed by atoms with Gasteiger partial charge < -0.3 is 9.88 Å². The highest BCUT2D eigenvalue weighted by Gasteiger charge is 2.22. The van der Waals surface area contributed by atoms with Crippen molar-refractivity contribution in [3.8, 4) is 0 Å². The van der Waals surface area contributed by atoms with E-state index in [1.165, 1.54) is 5.01 Å². The van der Waals surface area contributed by atoms with Gasteiger partial charge in [0.25, 0.3) is 0 Å². The minimum absolute atomic E-state index is 0.369. The highest BCUT2D eigenvalue weighted by molar-refractivity contribution is 7.09. The average Bonchev–Trinajstić information content (AvgIpc) is 2.88. The number of nitrogens with zero attached hydrogens (tertiary/aromatic N) is 3. The van der Waals surface area contributed by atoms with E-state index in [2.05, 4.69) is 19.9 Å². The van der Waals surface area contributed by atoms with Gasteiger partial charge in [-0.1, -0.05) is 0 Å². The third-order valence-corrected chi connectivity index (χ3v) is 3.32. The van der Waals surface area contributed by atoms with Crippen LogP contribution in [0, 0.1) is 0 Å². The van der Waals surface area contributed by atoms with Crippen molar-refractivity contribution in [3.63, 3.8) is 0 Å². The van der Waals surface area contributed by atoms with Crippen molar-refractivity contribution in [2.75, 3.05) is 11.9 Å². The highest BCUT2D eigenvalue weighted by atomic mass is 32.1. The molecular formula is C9H10N4S. The first-order valence-electron chi connectivity index (χ1n) is 4.61. The maximum atomic E-state index is 4.36. The molecule has 0 amide bonds.